The van der Waals surface area contributed by atoms with Crippen LogP contribution in [0.15, 0.2) is 30.3 Å². The minimum Gasteiger partial charge on any atom is -0.350 e. The van der Waals surface area contributed by atoms with Crippen LogP contribution in [0.2, 0.25) is 0 Å². The molecule has 4 rings (SSSR count). The van der Waals surface area contributed by atoms with E-state index in [1.807, 2.05) is 30.3 Å². The molecular weight excluding hydrogens is 252 g/mol. The van der Waals surface area contributed by atoms with E-state index in [1.165, 1.54) is 0 Å². The third kappa shape index (κ3) is 1.74. The molecule has 3 fully saturated rings. The fraction of sp³-hybridized carbons (Fsp3) is 0.500. The van der Waals surface area contributed by atoms with E-state index in [4.69, 9.17) is 0 Å². The summed E-state index contributed by atoms with van der Waals surface area (Å²) in [5.41, 5.74) is 0.733. The van der Waals surface area contributed by atoms with Crippen molar-refractivity contribution in [3.8, 4) is 0 Å². The third-order valence-corrected chi connectivity index (χ3v) is 4.86. The van der Waals surface area contributed by atoms with Crippen LogP contribution in [0.3, 0.4) is 0 Å². The first-order valence-electron chi connectivity index (χ1n) is 7.37. The molecule has 1 aromatic rings. The van der Waals surface area contributed by atoms with Gasteiger partial charge in [-0.05, 0) is 31.2 Å². The molecule has 2 amide bonds. The van der Waals surface area contributed by atoms with Gasteiger partial charge in [0.2, 0.25) is 11.8 Å². The number of carbonyl (C=O) groups excluding carboxylic acids is 2. The molecule has 0 radical (unpaired) electrons. The van der Waals surface area contributed by atoms with E-state index in [0.29, 0.717) is 0 Å². The van der Waals surface area contributed by atoms with Crippen molar-refractivity contribution in [2.75, 3.05) is 0 Å². The van der Waals surface area contributed by atoms with Gasteiger partial charge in [0.25, 0.3) is 0 Å². The predicted octanol–water partition coefficient (Wildman–Crippen LogP) is 1.53. The maximum absolute atomic E-state index is 12.3. The number of hydrogen-bond acceptors (Lipinski definition) is 2. The van der Waals surface area contributed by atoms with Crippen molar-refractivity contribution in [3.05, 3.63) is 35.9 Å². The average molecular weight is 270 g/mol. The van der Waals surface area contributed by atoms with Crippen molar-refractivity contribution in [1.29, 1.82) is 0 Å². The van der Waals surface area contributed by atoms with Gasteiger partial charge in [-0.25, -0.2) is 0 Å². The van der Waals surface area contributed by atoms with Crippen LogP contribution in [0.5, 0.6) is 0 Å². The van der Waals surface area contributed by atoms with Crippen LogP contribution in [0.25, 0.3) is 0 Å². The molecule has 4 nitrogen and oxygen atoms in total. The van der Waals surface area contributed by atoms with Crippen molar-refractivity contribution in [3.63, 3.8) is 0 Å². The normalized spacial score (nSPS) is 30.1. The van der Waals surface area contributed by atoms with Crippen LogP contribution < -0.4 is 10.6 Å². The molecule has 4 heteroatoms. The highest BCUT2D eigenvalue weighted by molar-refractivity contribution is 5.91. The van der Waals surface area contributed by atoms with Crippen molar-refractivity contribution < 1.29 is 9.59 Å². The van der Waals surface area contributed by atoms with Crippen molar-refractivity contribution in [2.45, 2.75) is 37.8 Å². The van der Waals surface area contributed by atoms with Gasteiger partial charge in [0, 0.05) is 5.92 Å². The molecule has 1 heterocycles. The first kappa shape index (κ1) is 11.9. The van der Waals surface area contributed by atoms with E-state index >= 15 is 0 Å². The van der Waals surface area contributed by atoms with E-state index in [1.54, 1.807) is 0 Å². The molecule has 2 N–H and O–H groups in total. The Kier molecular flexibility index (Phi) is 2.43. The topological polar surface area (TPSA) is 58.2 Å². The zero-order valence-corrected chi connectivity index (χ0v) is 11.3. The zero-order valence-electron chi connectivity index (χ0n) is 11.3. The first-order chi connectivity index (χ1) is 9.71. The Morgan fingerprint density at radius 2 is 1.90 bits per heavy atom. The molecule has 1 spiro atoms. The quantitative estimate of drug-likeness (QED) is 0.875. The second-order valence-corrected chi connectivity index (χ2v) is 6.28. The SMILES string of the molecule is O=C(N[C@@H]1C(c2ccccc2)NC(=O)C12CC2)C1CC1. The highest BCUT2D eigenvalue weighted by atomic mass is 16.2. The van der Waals surface area contributed by atoms with Gasteiger partial charge in [-0.1, -0.05) is 30.3 Å². The fourth-order valence-corrected chi connectivity index (χ4v) is 3.28. The van der Waals surface area contributed by atoms with Gasteiger partial charge in [0.15, 0.2) is 0 Å². The minimum atomic E-state index is -0.342. The molecular formula is C16H18N2O2. The molecule has 1 saturated heterocycles. The number of amides is 2. The standard InChI is InChI=1S/C16H18N2O2/c19-14(11-6-7-11)18-13-12(10-4-2-1-3-5-10)17-15(20)16(13)8-9-16/h1-5,11-13H,6-9H2,(H,17,20)(H,18,19)/t12?,13-/m1/s1. The lowest BCUT2D eigenvalue weighted by Gasteiger charge is -2.24. The highest BCUT2D eigenvalue weighted by Gasteiger charge is 2.63. The summed E-state index contributed by atoms with van der Waals surface area (Å²) in [7, 11) is 0. The highest BCUT2D eigenvalue weighted by Crippen LogP contribution is 2.56. The first-order valence-corrected chi connectivity index (χ1v) is 7.37. The second kappa shape index (κ2) is 4.08. The Hall–Kier alpha value is -1.84. The summed E-state index contributed by atoms with van der Waals surface area (Å²) >= 11 is 0. The number of hydrogen-bond donors (Lipinski definition) is 2. The number of rotatable bonds is 3. The molecule has 1 aliphatic heterocycles. The molecule has 0 aromatic heterocycles. The van der Waals surface area contributed by atoms with E-state index in [0.717, 1.165) is 31.2 Å². The van der Waals surface area contributed by atoms with Gasteiger partial charge < -0.3 is 10.6 Å². The maximum atomic E-state index is 12.3. The van der Waals surface area contributed by atoms with E-state index < -0.39 is 0 Å². The molecule has 0 bridgehead atoms. The summed E-state index contributed by atoms with van der Waals surface area (Å²) in [6, 6.07) is 9.76. The van der Waals surface area contributed by atoms with Gasteiger partial charge >= 0.3 is 0 Å². The van der Waals surface area contributed by atoms with Crippen molar-refractivity contribution in [2.24, 2.45) is 11.3 Å². The fourth-order valence-electron chi connectivity index (χ4n) is 3.28. The Morgan fingerprint density at radius 3 is 2.50 bits per heavy atom. The monoisotopic (exact) mass is 270 g/mol. The lowest BCUT2D eigenvalue weighted by molar-refractivity contribution is -0.125. The van der Waals surface area contributed by atoms with Crippen LogP contribution in [0.1, 0.15) is 37.3 Å². The largest absolute Gasteiger partial charge is 0.350 e. The number of carbonyl (C=O) groups is 2. The summed E-state index contributed by atoms with van der Waals surface area (Å²) in [6.07, 6.45) is 3.75. The lowest BCUT2D eigenvalue weighted by atomic mass is 9.91. The molecule has 3 aliphatic rings. The predicted molar refractivity (Wildman–Crippen MR) is 73.6 cm³/mol. The minimum absolute atomic E-state index is 0.0890. The zero-order chi connectivity index (χ0) is 13.7. The molecule has 2 atom stereocenters. The smallest absolute Gasteiger partial charge is 0.228 e. The van der Waals surface area contributed by atoms with Gasteiger partial charge in [-0.3, -0.25) is 9.59 Å². The number of nitrogens with one attached hydrogen (secondary N) is 2. The van der Waals surface area contributed by atoms with Crippen LogP contribution in [-0.4, -0.2) is 17.9 Å². The summed E-state index contributed by atoms with van der Waals surface area (Å²) < 4.78 is 0. The van der Waals surface area contributed by atoms with Crippen LogP contribution in [0.4, 0.5) is 0 Å². The Bertz CT molecular complexity index is 561. The number of benzene rings is 1. The van der Waals surface area contributed by atoms with Crippen LogP contribution in [0, 0.1) is 11.3 Å². The van der Waals surface area contributed by atoms with E-state index in [2.05, 4.69) is 10.6 Å². The summed E-state index contributed by atoms with van der Waals surface area (Å²) in [5.74, 6) is 0.407. The Balaban J connectivity index is 1.63. The molecule has 20 heavy (non-hydrogen) atoms. The van der Waals surface area contributed by atoms with E-state index in [-0.39, 0.29) is 35.2 Å². The van der Waals surface area contributed by atoms with Crippen molar-refractivity contribution in [1.82, 2.24) is 10.6 Å². The summed E-state index contributed by atoms with van der Waals surface area (Å²) in [6.45, 7) is 0. The van der Waals surface area contributed by atoms with Gasteiger partial charge in [0.05, 0.1) is 17.5 Å². The molecule has 1 aromatic carbocycles. The molecule has 2 saturated carbocycles. The van der Waals surface area contributed by atoms with Gasteiger partial charge in [-0.2, -0.15) is 0 Å². The molecule has 1 unspecified atom stereocenters. The summed E-state index contributed by atoms with van der Waals surface area (Å²) in [5, 5.41) is 6.23. The molecule has 104 valence electrons. The maximum Gasteiger partial charge on any atom is 0.228 e. The average Bonchev–Trinajstić information content (AvgIpc) is 3.35. The Labute approximate surface area is 117 Å². The second-order valence-electron chi connectivity index (χ2n) is 6.28. The van der Waals surface area contributed by atoms with Gasteiger partial charge in [-0.15, -0.1) is 0 Å². The summed E-state index contributed by atoms with van der Waals surface area (Å²) in [4.78, 5) is 24.4. The Morgan fingerprint density at radius 1 is 1.20 bits per heavy atom. The van der Waals surface area contributed by atoms with E-state index in [9.17, 15) is 9.59 Å². The lowest BCUT2D eigenvalue weighted by Crippen LogP contribution is -2.43. The third-order valence-electron chi connectivity index (χ3n) is 4.86. The van der Waals surface area contributed by atoms with Crippen LogP contribution >= 0.6 is 0 Å². The van der Waals surface area contributed by atoms with Crippen molar-refractivity contribution >= 4 is 11.8 Å². The molecule has 2 aliphatic carbocycles. The van der Waals surface area contributed by atoms with Gasteiger partial charge in [0.1, 0.15) is 0 Å². The van der Waals surface area contributed by atoms with Crippen LogP contribution in [-0.2, 0) is 9.59 Å².